The van der Waals surface area contributed by atoms with Crippen LogP contribution in [0.25, 0.3) is 0 Å². The second kappa shape index (κ2) is 11.3. The van der Waals surface area contributed by atoms with Crippen molar-refractivity contribution in [2.45, 2.75) is 64.1 Å². The summed E-state index contributed by atoms with van der Waals surface area (Å²) >= 11 is 0. The first-order chi connectivity index (χ1) is 18.6. The summed E-state index contributed by atoms with van der Waals surface area (Å²) < 4.78 is 19.0. The molecule has 210 valence electrons. The SMILES string of the molecule is CCC1CN(CC2CNC(C)CN2CC(=O)N2CC(C)(C)c3ncc(Cc4ccc(F)cc4)cc32)C(=O)CO1. The molecule has 3 atom stereocenters. The van der Waals surface area contributed by atoms with Crippen molar-refractivity contribution >= 4 is 17.5 Å². The Morgan fingerprint density at radius 3 is 2.72 bits per heavy atom. The van der Waals surface area contributed by atoms with Crippen LogP contribution in [-0.2, 0) is 26.2 Å². The number of amides is 2. The van der Waals surface area contributed by atoms with Crippen molar-refractivity contribution in [3.63, 3.8) is 0 Å². The summed E-state index contributed by atoms with van der Waals surface area (Å²) in [5.74, 6) is -0.200. The Hall–Kier alpha value is -2.88. The first-order valence-electron chi connectivity index (χ1n) is 14.0. The molecule has 3 unspecified atom stereocenters. The number of rotatable bonds is 7. The lowest BCUT2D eigenvalue weighted by Gasteiger charge is -2.43. The van der Waals surface area contributed by atoms with E-state index in [9.17, 15) is 14.0 Å². The molecule has 0 radical (unpaired) electrons. The molecule has 5 rings (SSSR count). The minimum Gasteiger partial charge on any atom is -0.367 e. The van der Waals surface area contributed by atoms with Crippen molar-refractivity contribution < 1.29 is 18.7 Å². The van der Waals surface area contributed by atoms with Gasteiger partial charge in [0.15, 0.2) is 0 Å². The highest BCUT2D eigenvalue weighted by Gasteiger charge is 2.41. The average Bonchev–Trinajstić information content (AvgIpc) is 3.18. The third-order valence-corrected chi connectivity index (χ3v) is 8.20. The van der Waals surface area contributed by atoms with Gasteiger partial charge >= 0.3 is 0 Å². The monoisotopic (exact) mass is 537 g/mol. The molecule has 1 aromatic heterocycles. The van der Waals surface area contributed by atoms with Gasteiger partial charge in [-0.05, 0) is 49.1 Å². The van der Waals surface area contributed by atoms with Crippen molar-refractivity contribution in [3.8, 4) is 0 Å². The lowest BCUT2D eigenvalue weighted by atomic mass is 9.91. The van der Waals surface area contributed by atoms with Crippen LogP contribution in [0.1, 0.15) is 50.9 Å². The second-order valence-electron chi connectivity index (χ2n) is 11.9. The molecule has 3 aliphatic rings. The molecule has 1 N–H and O–H groups in total. The quantitative estimate of drug-likeness (QED) is 0.586. The van der Waals surface area contributed by atoms with Crippen molar-refractivity contribution in [3.05, 3.63) is 59.2 Å². The van der Waals surface area contributed by atoms with E-state index in [-0.39, 0.29) is 54.4 Å². The topological polar surface area (TPSA) is 78.0 Å². The maximum absolute atomic E-state index is 13.9. The summed E-state index contributed by atoms with van der Waals surface area (Å²) in [4.78, 5) is 37.3. The second-order valence-corrected chi connectivity index (χ2v) is 11.9. The maximum atomic E-state index is 13.9. The highest BCUT2D eigenvalue weighted by Crippen LogP contribution is 2.39. The molecule has 1 aromatic carbocycles. The lowest BCUT2D eigenvalue weighted by molar-refractivity contribution is -0.150. The normalized spacial score (nSPS) is 25.2. The first kappa shape index (κ1) is 27.7. The van der Waals surface area contributed by atoms with Crippen LogP contribution in [0.15, 0.2) is 36.5 Å². The number of morpholine rings is 1. The van der Waals surface area contributed by atoms with Crippen LogP contribution in [-0.4, -0.2) is 90.7 Å². The number of ether oxygens (including phenoxy) is 1. The van der Waals surface area contributed by atoms with Crippen LogP contribution < -0.4 is 10.2 Å². The van der Waals surface area contributed by atoms with Crippen LogP contribution in [0, 0.1) is 5.82 Å². The standard InChI is InChI=1S/C30H40FN5O3/c1-5-25-16-35(28(38)18-39-25)15-24-13-32-20(2)14-34(24)17-27(37)36-19-30(3,4)29-26(36)11-22(12-33-29)10-21-6-8-23(31)9-7-21/h6-9,11-12,20,24-25,32H,5,10,13-19H2,1-4H3. The number of fused-ring (bicyclic) bond motifs is 1. The first-order valence-corrected chi connectivity index (χ1v) is 14.0. The molecule has 0 spiro atoms. The fourth-order valence-electron chi connectivity index (χ4n) is 5.96. The Morgan fingerprint density at radius 2 is 1.97 bits per heavy atom. The van der Waals surface area contributed by atoms with E-state index in [0.29, 0.717) is 26.1 Å². The molecule has 39 heavy (non-hydrogen) atoms. The fourth-order valence-corrected chi connectivity index (χ4v) is 5.96. The lowest BCUT2D eigenvalue weighted by Crippen LogP contribution is -2.62. The van der Waals surface area contributed by atoms with Gasteiger partial charge in [-0.3, -0.25) is 19.5 Å². The Balaban J connectivity index is 1.32. The number of halogens is 1. The number of piperazine rings is 1. The molecule has 3 aliphatic heterocycles. The molecule has 4 heterocycles. The summed E-state index contributed by atoms with van der Waals surface area (Å²) in [5, 5.41) is 3.53. The minimum atomic E-state index is -0.259. The Labute approximate surface area is 230 Å². The number of benzene rings is 1. The van der Waals surface area contributed by atoms with Gasteiger partial charge in [0.1, 0.15) is 12.4 Å². The van der Waals surface area contributed by atoms with Gasteiger partial charge in [0.2, 0.25) is 11.8 Å². The van der Waals surface area contributed by atoms with E-state index in [1.165, 1.54) is 12.1 Å². The predicted octanol–water partition coefficient (Wildman–Crippen LogP) is 2.74. The molecular formula is C30H40FN5O3. The van der Waals surface area contributed by atoms with E-state index < -0.39 is 0 Å². The van der Waals surface area contributed by atoms with E-state index in [1.807, 2.05) is 16.0 Å². The number of nitrogens with one attached hydrogen (secondary N) is 1. The van der Waals surface area contributed by atoms with Crippen LogP contribution in [0.3, 0.4) is 0 Å². The Bertz CT molecular complexity index is 1200. The number of anilines is 1. The third kappa shape index (κ3) is 6.15. The molecular weight excluding hydrogens is 497 g/mol. The van der Waals surface area contributed by atoms with E-state index >= 15 is 0 Å². The number of nitrogens with zero attached hydrogens (tertiary/aromatic N) is 4. The molecule has 0 aliphatic carbocycles. The fraction of sp³-hybridized carbons (Fsp3) is 0.567. The van der Waals surface area contributed by atoms with Gasteiger partial charge in [-0.25, -0.2) is 4.39 Å². The van der Waals surface area contributed by atoms with Gasteiger partial charge in [0, 0.05) is 56.4 Å². The van der Waals surface area contributed by atoms with Gasteiger partial charge < -0.3 is 19.9 Å². The predicted molar refractivity (Wildman–Crippen MR) is 148 cm³/mol. The van der Waals surface area contributed by atoms with Gasteiger partial charge in [0.25, 0.3) is 0 Å². The number of carbonyl (C=O) groups excluding carboxylic acids is 2. The van der Waals surface area contributed by atoms with Crippen LogP contribution in [0.5, 0.6) is 0 Å². The van der Waals surface area contributed by atoms with Gasteiger partial charge in [-0.2, -0.15) is 0 Å². The molecule has 0 bridgehead atoms. The summed E-state index contributed by atoms with van der Waals surface area (Å²) in [6.07, 6.45) is 3.42. The highest BCUT2D eigenvalue weighted by atomic mass is 19.1. The number of carbonyl (C=O) groups is 2. The number of pyridine rings is 1. The van der Waals surface area contributed by atoms with Crippen LogP contribution in [0.4, 0.5) is 10.1 Å². The van der Waals surface area contributed by atoms with Gasteiger partial charge in [-0.15, -0.1) is 0 Å². The molecule has 9 heteroatoms. The molecule has 2 fully saturated rings. The number of hydrogen-bond acceptors (Lipinski definition) is 6. The number of aromatic nitrogens is 1. The summed E-state index contributed by atoms with van der Waals surface area (Å²) in [5.41, 5.74) is 3.51. The van der Waals surface area contributed by atoms with Crippen molar-refractivity contribution in [2.24, 2.45) is 0 Å². The summed E-state index contributed by atoms with van der Waals surface area (Å²) in [7, 11) is 0. The van der Waals surface area contributed by atoms with Gasteiger partial charge in [-0.1, -0.05) is 32.9 Å². The smallest absolute Gasteiger partial charge is 0.248 e. The largest absolute Gasteiger partial charge is 0.367 e. The highest BCUT2D eigenvalue weighted by molar-refractivity contribution is 5.97. The summed E-state index contributed by atoms with van der Waals surface area (Å²) in [6.45, 7) is 12.1. The Morgan fingerprint density at radius 1 is 1.21 bits per heavy atom. The van der Waals surface area contributed by atoms with E-state index in [4.69, 9.17) is 9.72 Å². The molecule has 2 saturated heterocycles. The number of hydrogen-bond donors (Lipinski definition) is 1. The minimum absolute atomic E-state index is 0.0135. The molecule has 0 saturated carbocycles. The zero-order valence-corrected chi connectivity index (χ0v) is 23.5. The third-order valence-electron chi connectivity index (χ3n) is 8.20. The van der Waals surface area contributed by atoms with E-state index in [1.54, 1.807) is 12.1 Å². The van der Waals surface area contributed by atoms with Crippen molar-refractivity contribution in [2.75, 3.05) is 50.8 Å². The van der Waals surface area contributed by atoms with Crippen LogP contribution in [0.2, 0.25) is 0 Å². The van der Waals surface area contributed by atoms with Crippen LogP contribution >= 0.6 is 0 Å². The van der Waals surface area contributed by atoms with Gasteiger partial charge in [0.05, 0.1) is 24.0 Å². The Kier molecular flexibility index (Phi) is 8.03. The molecule has 2 amide bonds. The molecule has 2 aromatic rings. The summed E-state index contributed by atoms with van der Waals surface area (Å²) in [6, 6.07) is 8.85. The van der Waals surface area contributed by atoms with Crippen molar-refractivity contribution in [1.29, 1.82) is 0 Å². The van der Waals surface area contributed by atoms with E-state index in [2.05, 4.69) is 44.0 Å². The average molecular weight is 538 g/mol. The molecule has 8 nitrogen and oxygen atoms in total. The maximum Gasteiger partial charge on any atom is 0.248 e. The van der Waals surface area contributed by atoms with E-state index in [0.717, 1.165) is 42.0 Å². The van der Waals surface area contributed by atoms with Crippen molar-refractivity contribution in [1.82, 2.24) is 20.1 Å². The zero-order chi connectivity index (χ0) is 27.7. The zero-order valence-electron chi connectivity index (χ0n) is 23.5.